The number of nitrogens with zero attached hydrogens (tertiary/aromatic N) is 2. The predicted molar refractivity (Wildman–Crippen MR) is 144 cm³/mol. The maximum absolute atomic E-state index is 13.7. The number of para-hydroxylation sites is 1. The lowest BCUT2D eigenvalue weighted by atomic mass is 10.0. The molecule has 0 bridgehead atoms. The van der Waals surface area contributed by atoms with E-state index in [-0.39, 0.29) is 5.91 Å². The van der Waals surface area contributed by atoms with Crippen molar-refractivity contribution in [2.45, 2.75) is 0 Å². The summed E-state index contributed by atoms with van der Waals surface area (Å²) in [5, 5.41) is 1.82. The van der Waals surface area contributed by atoms with Crippen molar-refractivity contribution in [2.75, 3.05) is 32.7 Å². The fourth-order valence-electron chi connectivity index (χ4n) is 4.48. The highest BCUT2D eigenvalue weighted by molar-refractivity contribution is 6.42. The van der Waals surface area contributed by atoms with Crippen LogP contribution in [-0.2, 0) is 0 Å². The van der Waals surface area contributed by atoms with E-state index in [1.807, 2.05) is 59.5 Å². The molecule has 1 saturated heterocycles. The van der Waals surface area contributed by atoms with Crippen LogP contribution in [0.1, 0.15) is 15.9 Å². The first-order valence-electron chi connectivity index (χ1n) is 11.8. The molecule has 0 radical (unpaired) electrons. The van der Waals surface area contributed by atoms with Crippen LogP contribution in [0.3, 0.4) is 0 Å². The zero-order chi connectivity index (χ0) is 24.2. The highest BCUT2D eigenvalue weighted by Crippen LogP contribution is 2.30. The minimum Gasteiger partial charge on any atom is -0.329 e. The zero-order valence-corrected chi connectivity index (χ0v) is 20.8. The van der Waals surface area contributed by atoms with Gasteiger partial charge in [0.25, 0.3) is 5.91 Å². The molecule has 176 valence electrons. The molecule has 1 aliphatic rings. The molecule has 0 atom stereocenters. The first-order valence-corrected chi connectivity index (χ1v) is 12.5. The fourth-order valence-corrected chi connectivity index (χ4v) is 4.78. The third kappa shape index (κ3) is 5.40. The molecule has 0 aliphatic carbocycles. The Balaban J connectivity index is 1.33. The van der Waals surface area contributed by atoms with E-state index in [0.717, 1.165) is 49.2 Å². The number of pyridine rings is 1. The molecule has 0 spiro atoms. The molecule has 6 heteroatoms. The summed E-state index contributed by atoms with van der Waals surface area (Å²) >= 11 is 12.4. The number of halogens is 2. The van der Waals surface area contributed by atoms with Gasteiger partial charge in [0.1, 0.15) is 0 Å². The van der Waals surface area contributed by atoms with Crippen LogP contribution >= 0.6 is 23.2 Å². The van der Waals surface area contributed by atoms with Gasteiger partial charge in [-0.1, -0.05) is 83.9 Å². The highest BCUT2D eigenvalue weighted by Gasteiger charge is 2.26. The number of quaternary nitrogens is 1. The maximum Gasteiger partial charge on any atom is 0.255 e. The molecule has 1 fully saturated rings. The quantitative estimate of drug-likeness (QED) is 0.404. The molecular formula is C29H26Cl2N3O+. The van der Waals surface area contributed by atoms with Crippen molar-refractivity contribution in [3.8, 4) is 11.3 Å². The average molecular weight is 503 g/mol. The number of fused-ring (bicyclic) bond motifs is 1. The number of piperazine rings is 1. The number of hydrogen-bond donors (Lipinski definition) is 1. The second-order valence-corrected chi connectivity index (χ2v) is 9.57. The molecular weight excluding hydrogens is 477 g/mol. The third-order valence-corrected chi connectivity index (χ3v) is 7.18. The summed E-state index contributed by atoms with van der Waals surface area (Å²) < 4.78 is 0. The maximum atomic E-state index is 13.7. The molecule has 1 aromatic heterocycles. The number of amides is 1. The Hall–Kier alpha value is -3.18. The second-order valence-electron chi connectivity index (χ2n) is 8.76. The summed E-state index contributed by atoms with van der Waals surface area (Å²) in [5.41, 5.74) is 4.21. The minimum atomic E-state index is 0.0452. The van der Waals surface area contributed by atoms with E-state index >= 15 is 0 Å². The molecule has 1 aliphatic heterocycles. The van der Waals surface area contributed by atoms with E-state index in [2.05, 4.69) is 24.3 Å². The van der Waals surface area contributed by atoms with Crippen LogP contribution in [0.5, 0.6) is 0 Å². The van der Waals surface area contributed by atoms with Gasteiger partial charge in [-0.25, -0.2) is 4.98 Å². The van der Waals surface area contributed by atoms with Crippen molar-refractivity contribution >= 4 is 46.1 Å². The number of nitrogens with one attached hydrogen (secondary N) is 1. The highest BCUT2D eigenvalue weighted by atomic mass is 35.5. The zero-order valence-electron chi connectivity index (χ0n) is 19.3. The Morgan fingerprint density at radius 2 is 1.66 bits per heavy atom. The van der Waals surface area contributed by atoms with E-state index < -0.39 is 0 Å². The smallest absolute Gasteiger partial charge is 0.255 e. The SMILES string of the molecule is O=C(c1cc(-c2ccc(Cl)c(Cl)c2)nc2ccccc12)N1CC[NH+](C/C=C/c2ccccc2)CC1. The van der Waals surface area contributed by atoms with E-state index in [9.17, 15) is 4.79 Å². The Labute approximate surface area is 215 Å². The molecule has 2 heterocycles. The van der Waals surface area contributed by atoms with E-state index in [1.54, 1.807) is 12.1 Å². The van der Waals surface area contributed by atoms with Crippen LogP contribution in [0.15, 0.2) is 84.9 Å². The Morgan fingerprint density at radius 3 is 2.43 bits per heavy atom. The third-order valence-electron chi connectivity index (χ3n) is 6.44. The van der Waals surface area contributed by atoms with Gasteiger partial charge in [0.2, 0.25) is 0 Å². The Bertz CT molecular complexity index is 1380. The first-order chi connectivity index (χ1) is 17.1. The number of carbonyl (C=O) groups excluding carboxylic acids is 1. The number of carbonyl (C=O) groups is 1. The Kier molecular flexibility index (Phi) is 7.14. The van der Waals surface area contributed by atoms with Crippen molar-refractivity contribution < 1.29 is 9.69 Å². The van der Waals surface area contributed by atoms with Crippen molar-refractivity contribution in [2.24, 2.45) is 0 Å². The molecule has 0 unspecified atom stereocenters. The normalized spacial score (nSPS) is 14.6. The van der Waals surface area contributed by atoms with Gasteiger partial charge in [-0.3, -0.25) is 4.79 Å². The molecule has 1 N–H and O–H groups in total. The summed E-state index contributed by atoms with van der Waals surface area (Å²) in [6, 6.07) is 25.4. The first kappa shape index (κ1) is 23.6. The Morgan fingerprint density at radius 1 is 0.914 bits per heavy atom. The van der Waals surface area contributed by atoms with E-state index in [0.29, 0.717) is 21.3 Å². The van der Waals surface area contributed by atoms with Crippen LogP contribution in [0.4, 0.5) is 0 Å². The minimum absolute atomic E-state index is 0.0452. The number of aromatic nitrogens is 1. The molecule has 1 amide bonds. The second kappa shape index (κ2) is 10.6. The topological polar surface area (TPSA) is 37.6 Å². The van der Waals surface area contributed by atoms with Gasteiger partial charge in [-0.2, -0.15) is 0 Å². The van der Waals surface area contributed by atoms with E-state index in [1.165, 1.54) is 10.5 Å². The molecule has 0 saturated carbocycles. The van der Waals surface area contributed by atoms with Crippen LogP contribution in [0, 0.1) is 0 Å². The summed E-state index contributed by atoms with van der Waals surface area (Å²) in [6.07, 6.45) is 4.39. The molecule has 35 heavy (non-hydrogen) atoms. The van der Waals surface area contributed by atoms with Gasteiger partial charge in [0.05, 0.1) is 59.5 Å². The number of benzene rings is 3. The lowest BCUT2D eigenvalue weighted by Crippen LogP contribution is -3.14. The standard InChI is InChI=1S/C29H25Cl2N3O/c30-25-13-12-22(19-26(25)31)28-20-24(23-10-4-5-11-27(23)32-28)29(35)34-17-15-33(16-18-34)14-6-9-21-7-2-1-3-8-21/h1-13,19-20H,14-18H2/p+1/b9-6+. The summed E-state index contributed by atoms with van der Waals surface area (Å²) in [5.74, 6) is 0.0452. The summed E-state index contributed by atoms with van der Waals surface area (Å²) in [6.45, 7) is 4.26. The average Bonchev–Trinajstić information content (AvgIpc) is 2.90. The fraction of sp³-hybridized carbons (Fsp3) is 0.172. The summed E-state index contributed by atoms with van der Waals surface area (Å²) in [4.78, 5) is 21.9. The van der Waals surface area contributed by atoms with Crippen molar-refractivity contribution in [3.05, 3.63) is 106 Å². The summed E-state index contributed by atoms with van der Waals surface area (Å²) in [7, 11) is 0. The lowest BCUT2D eigenvalue weighted by Gasteiger charge is -2.32. The van der Waals surface area contributed by atoms with Gasteiger partial charge in [-0.05, 0) is 35.9 Å². The van der Waals surface area contributed by atoms with Gasteiger partial charge >= 0.3 is 0 Å². The largest absolute Gasteiger partial charge is 0.329 e. The van der Waals surface area contributed by atoms with Crippen LogP contribution in [-0.4, -0.2) is 48.5 Å². The lowest BCUT2D eigenvalue weighted by molar-refractivity contribution is -0.898. The molecule has 4 aromatic rings. The number of hydrogen-bond acceptors (Lipinski definition) is 2. The van der Waals surface area contributed by atoms with Gasteiger partial charge in [0, 0.05) is 10.9 Å². The predicted octanol–water partition coefficient (Wildman–Crippen LogP) is 5.26. The van der Waals surface area contributed by atoms with Crippen molar-refractivity contribution in [3.63, 3.8) is 0 Å². The number of rotatable bonds is 5. The van der Waals surface area contributed by atoms with Gasteiger partial charge in [-0.15, -0.1) is 0 Å². The van der Waals surface area contributed by atoms with Gasteiger partial charge in [0.15, 0.2) is 0 Å². The van der Waals surface area contributed by atoms with E-state index in [4.69, 9.17) is 28.2 Å². The van der Waals surface area contributed by atoms with Crippen molar-refractivity contribution in [1.82, 2.24) is 9.88 Å². The van der Waals surface area contributed by atoms with Gasteiger partial charge < -0.3 is 9.80 Å². The molecule has 3 aromatic carbocycles. The van der Waals surface area contributed by atoms with Crippen LogP contribution < -0.4 is 4.90 Å². The van der Waals surface area contributed by atoms with Crippen LogP contribution in [0.2, 0.25) is 10.0 Å². The molecule has 4 nitrogen and oxygen atoms in total. The van der Waals surface area contributed by atoms with Crippen molar-refractivity contribution in [1.29, 1.82) is 0 Å². The monoisotopic (exact) mass is 502 g/mol. The molecule has 5 rings (SSSR count). The van der Waals surface area contributed by atoms with Crippen LogP contribution in [0.25, 0.3) is 28.2 Å².